The Morgan fingerprint density at radius 1 is 1.12 bits per heavy atom. The number of carbonyl (C=O) groups is 2. The molecule has 4 rings (SSSR count). The van der Waals surface area contributed by atoms with Crippen molar-refractivity contribution in [2.75, 3.05) is 18.2 Å². The van der Waals surface area contributed by atoms with Crippen LogP contribution < -0.4 is 19.7 Å². The topological polar surface area (TPSA) is 67.9 Å². The number of carbonyl (C=O) groups excluding carboxylic acids is 2. The number of fused-ring (bicyclic) bond motifs is 1. The fourth-order valence-corrected chi connectivity index (χ4v) is 3.75. The average Bonchev–Trinajstić information content (AvgIpc) is 3.21. The molecule has 128 valence electrons. The molecular weight excluding hydrogens is 308 g/mol. The lowest BCUT2D eigenvalue weighted by Gasteiger charge is -2.24. The van der Waals surface area contributed by atoms with Crippen molar-refractivity contribution in [1.82, 2.24) is 5.32 Å². The number of anilines is 1. The molecule has 3 aliphatic rings. The molecule has 0 radical (unpaired) electrons. The first-order valence-electron chi connectivity index (χ1n) is 8.71. The number of benzene rings is 1. The quantitative estimate of drug-likeness (QED) is 0.923. The molecule has 0 bridgehead atoms. The first-order chi connectivity index (χ1) is 11.7. The van der Waals surface area contributed by atoms with Gasteiger partial charge in [-0.1, -0.05) is 19.3 Å². The number of rotatable bonds is 3. The van der Waals surface area contributed by atoms with E-state index in [4.69, 9.17) is 9.47 Å². The van der Waals surface area contributed by atoms with Crippen molar-refractivity contribution in [1.29, 1.82) is 0 Å². The number of nitrogens with zero attached hydrogens (tertiary/aromatic N) is 1. The number of hydrogen-bond donors (Lipinski definition) is 1. The zero-order chi connectivity index (χ0) is 16.5. The lowest BCUT2D eigenvalue weighted by Crippen LogP contribution is -2.40. The Kier molecular flexibility index (Phi) is 4.04. The van der Waals surface area contributed by atoms with E-state index in [1.807, 2.05) is 12.1 Å². The van der Waals surface area contributed by atoms with Gasteiger partial charge in [0.05, 0.1) is 5.92 Å². The summed E-state index contributed by atoms with van der Waals surface area (Å²) in [6, 6.07) is 5.73. The fraction of sp³-hybridized carbons (Fsp3) is 0.556. The van der Waals surface area contributed by atoms with Crippen molar-refractivity contribution < 1.29 is 19.1 Å². The minimum absolute atomic E-state index is 0.0125. The number of ether oxygens (including phenoxy) is 2. The zero-order valence-electron chi connectivity index (χ0n) is 13.6. The predicted octanol–water partition coefficient (Wildman–Crippen LogP) is 2.22. The molecule has 6 heteroatoms. The van der Waals surface area contributed by atoms with E-state index in [0.29, 0.717) is 18.0 Å². The highest BCUT2D eigenvalue weighted by molar-refractivity contribution is 6.00. The molecule has 2 heterocycles. The highest BCUT2D eigenvalue weighted by atomic mass is 16.7. The van der Waals surface area contributed by atoms with Crippen LogP contribution in [-0.4, -0.2) is 31.2 Å². The standard InChI is InChI=1S/C18H22N2O4/c21-17-8-12(18(22)19-13-4-2-1-3-5-13)10-20(17)14-6-7-15-16(9-14)24-11-23-15/h6-7,9,12-13H,1-5,8,10-11H2,(H,19,22). The van der Waals surface area contributed by atoms with Crippen LogP contribution in [0.25, 0.3) is 0 Å². The summed E-state index contributed by atoms with van der Waals surface area (Å²) >= 11 is 0. The van der Waals surface area contributed by atoms with Gasteiger partial charge in [0.1, 0.15) is 0 Å². The monoisotopic (exact) mass is 330 g/mol. The molecule has 1 aromatic carbocycles. The van der Waals surface area contributed by atoms with Crippen LogP contribution in [0.4, 0.5) is 5.69 Å². The van der Waals surface area contributed by atoms with Gasteiger partial charge < -0.3 is 19.7 Å². The van der Waals surface area contributed by atoms with Gasteiger partial charge >= 0.3 is 0 Å². The van der Waals surface area contributed by atoms with E-state index in [9.17, 15) is 9.59 Å². The summed E-state index contributed by atoms with van der Waals surface area (Å²) in [7, 11) is 0. The van der Waals surface area contributed by atoms with E-state index in [1.165, 1.54) is 19.3 Å². The van der Waals surface area contributed by atoms with E-state index in [2.05, 4.69) is 5.32 Å². The normalized spacial score (nSPS) is 23.6. The molecule has 1 unspecified atom stereocenters. The summed E-state index contributed by atoms with van der Waals surface area (Å²) < 4.78 is 10.7. The lowest BCUT2D eigenvalue weighted by molar-refractivity contribution is -0.127. The number of nitrogens with one attached hydrogen (secondary N) is 1. The van der Waals surface area contributed by atoms with Crippen molar-refractivity contribution in [3.8, 4) is 11.5 Å². The third-order valence-electron chi connectivity index (χ3n) is 5.12. The average molecular weight is 330 g/mol. The maximum Gasteiger partial charge on any atom is 0.231 e. The predicted molar refractivity (Wildman–Crippen MR) is 88.0 cm³/mol. The van der Waals surface area contributed by atoms with E-state index in [1.54, 1.807) is 11.0 Å². The molecule has 2 fully saturated rings. The third-order valence-corrected chi connectivity index (χ3v) is 5.12. The van der Waals surface area contributed by atoms with Gasteiger partial charge in [-0.25, -0.2) is 0 Å². The second-order valence-electron chi connectivity index (χ2n) is 6.79. The maximum atomic E-state index is 12.5. The largest absolute Gasteiger partial charge is 0.454 e. The highest BCUT2D eigenvalue weighted by Crippen LogP contribution is 2.37. The Hall–Kier alpha value is -2.24. The van der Waals surface area contributed by atoms with Crippen LogP contribution in [0.3, 0.4) is 0 Å². The van der Waals surface area contributed by atoms with Crippen molar-refractivity contribution in [3.63, 3.8) is 0 Å². The Bertz CT molecular complexity index is 654. The van der Waals surface area contributed by atoms with Crippen LogP contribution in [0.1, 0.15) is 38.5 Å². The number of hydrogen-bond acceptors (Lipinski definition) is 4. The van der Waals surface area contributed by atoms with E-state index in [0.717, 1.165) is 18.5 Å². The van der Waals surface area contributed by atoms with Gasteiger partial charge in [0.25, 0.3) is 0 Å². The van der Waals surface area contributed by atoms with Gasteiger partial charge in [-0.3, -0.25) is 9.59 Å². The summed E-state index contributed by atoms with van der Waals surface area (Å²) in [5, 5.41) is 3.13. The van der Waals surface area contributed by atoms with E-state index >= 15 is 0 Å². The summed E-state index contributed by atoms with van der Waals surface area (Å²) in [6.45, 7) is 0.635. The summed E-state index contributed by atoms with van der Waals surface area (Å²) in [4.78, 5) is 26.5. The minimum atomic E-state index is -0.273. The smallest absolute Gasteiger partial charge is 0.231 e. The SMILES string of the molecule is O=C(NC1CCCCC1)C1CC(=O)N(c2ccc3c(c2)OCO3)C1. The lowest BCUT2D eigenvalue weighted by atomic mass is 9.95. The molecule has 1 aromatic rings. The molecule has 24 heavy (non-hydrogen) atoms. The fourth-order valence-electron chi connectivity index (χ4n) is 3.75. The summed E-state index contributed by atoms with van der Waals surface area (Å²) in [5.74, 6) is 1.06. The summed E-state index contributed by atoms with van der Waals surface area (Å²) in [6.07, 6.45) is 5.99. The molecule has 1 aliphatic carbocycles. The Morgan fingerprint density at radius 3 is 2.75 bits per heavy atom. The van der Waals surface area contributed by atoms with Gasteiger partial charge in [-0.05, 0) is 25.0 Å². The van der Waals surface area contributed by atoms with Crippen LogP contribution in [0, 0.1) is 5.92 Å². The second kappa shape index (κ2) is 6.34. The van der Waals surface area contributed by atoms with Crippen molar-refractivity contribution in [2.45, 2.75) is 44.6 Å². The third kappa shape index (κ3) is 2.92. The van der Waals surface area contributed by atoms with Crippen LogP contribution >= 0.6 is 0 Å². The molecule has 1 saturated carbocycles. The van der Waals surface area contributed by atoms with Crippen molar-refractivity contribution >= 4 is 17.5 Å². The zero-order valence-corrected chi connectivity index (χ0v) is 13.6. The molecule has 0 spiro atoms. The van der Waals surface area contributed by atoms with Gasteiger partial charge in [-0.2, -0.15) is 0 Å². The van der Waals surface area contributed by atoms with Crippen LogP contribution in [0.15, 0.2) is 18.2 Å². The second-order valence-corrected chi connectivity index (χ2v) is 6.79. The maximum absolute atomic E-state index is 12.5. The highest BCUT2D eigenvalue weighted by Gasteiger charge is 2.36. The van der Waals surface area contributed by atoms with Crippen LogP contribution in [0.5, 0.6) is 11.5 Å². The molecule has 0 aromatic heterocycles. The first-order valence-corrected chi connectivity index (χ1v) is 8.71. The van der Waals surface area contributed by atoms with Gasteiger partial charge in [0.15, 0.2) is 11.5 Å². The molecule has 1 atom stereocenters. The number of amides is 2. The van der Waals surface area contributed by atoms with Crippen molar-refractivity contribution in [3.05, 3.63) is 18.2 Å². The first kappa shape index (κ1) is 15.3. The minimum Gasteiger partial charge on any atom is -0.454 e. The van der Waals surface area contributed by atoms with Gasteiger partial charge in [0, 0.05) is 30.8 Å². The molecule has 1 saturated heterocycles. The van der Waals surface area contributed by atoms with Gasteiger partial charge in [0.2, 0.25) is 18.6 Å². The summed E-state index contributed by atoms with van der Waals surface area (Å²) in [5.41, 5.74) is 0.761. The van der Waals surface area contributed by atoms with E-state index < -0.39 is 0 Å². The van der Waals surface area contributed by atoms with E-state index in [-0.39, 0.29) is 37.0 Å². The molecule has 2 amide bonds. The Labute approximate surface area is 141 Å². The molecular formula is C18H22N2O4. The molecule has 6 nitrogen and oxygen atoms in total. The molecule has 2 aliphatic heterocycles. The molecule has 1 N–H and O–H groups in total. The van der Waals surface area contributed by atoms with Gasteiger partial charge in [-0.15, -0.1) is 0 Å². The van der Waals surface area contributed by atoms with Crippen molar-refractivity contribution in [2.24, 2.45) is 5.92 Å². The van der Waals surface area contributed by atoms with Crippen LogP contribution in [0.2, 0.25) is 0 Å². The van der Waals surface area contributed by atoms with Crippen LogP contribution in [-0.2, 0) is 9.59 Å². The Morgan fingerprint density at radius 2 is 1.92 bits per heavy atom. The Balaban J connectivity index is 1.42.